The van der Waals surface area contributed by atoms with Crippen molar-refractivity contribution in [2.24, 2.45) is 4.99 Å². The first-order valence-electron chi connectivity index (χ1n) is 6.43. The van der Waals surface area contributed by atoms with Gasteiger partial charge in [-0.2, -0.15) is 0 Å². The molecule has 19 heavy (non-hydrogen) atoms. The van der Waals surface area contributed by atoms with E-state index in [2.05, 4.69) is 17.0 Å². The Morgan fingerprint density at radius 2 is 1.89 bits per heavy atom. The van der Waals surface area contributed by atoms with Crippen LogP contribution in [-0.2, 0) is 10.0 Å². The fourth-order valence-electron chi connectivity index (χ4n) is 2.56. The number of sulfonamides is 1. The number of rotatable bonds is 1. The summed E-state index contributed by atoms with van der Waals surface area (Å²) in [4.78, 5) is 5.02. The van der Waals surface area contributed by atoms with Crippen molar-refractivity contribution in [2.75, 3.05) is 13.1 Å². The molecule has 102 valence electrons. The summed E-state index contributed by atoms with van der Waals surface area (Å²) in [5, 5.41) is 3.29. The smallest absolute Gasteiger partial charge is 0.263 e. The molecule has 0 atom stereocenters. The van der Waals surface area contributed by atoms with Crippen LogP contribution in [0.5, 0.6) is 0 Å². The van der Waals surface area contributed by atoms with Crippen LogP contribution in [0.1, 0.15) is 25.3 Å². The molecule has 2 N–H and O–H groups in total. The molecule has 1 saturated heterocycles. The average Bonchev–Trinajstić information content (AvgIpc) is 2.62. The van der Waals surface area contributed by atoms with Gasteiger partial charge in [-0.15, -0.1) is 0 Å². The van der Waals surface area contributed by atoms with Gasteiger partial charge in [-0.3, -0.25) is 9.71 Å². The predicted molar refractivity (Wildman–Crippen MR) is 73.8 cm³/mol. The number of hydrogen-bond acceptors (Lipinski definition) is 4. The molecule has 0 aliphatic carbocycles. The molecule has 3 rings (SSSR count). The van der Waals surface area contributed by atoms with Crippen LogP contribution in [0.15, 0.2) is 34.2 Å². The van der Waals surface area contributed by atoms with Gasteiger partial charge >= 0.3 is 0 Å². The maximum absolute atomic E-state index is 12.0. The summed E-state index contributed by atoms with van der Waals surface area (Å²) in [7, 11) is -3.43. The van der Waals surface area contributed by atoms with Gasteiger partial charge in [-0.1, -0.05) is 12.1 Å². The van der Waals surface area contributed by atoms with Crippen molar-refractivity contribution in [2.45, 2.75) is 30.2 Å². The number of hydrogen-bond donors (Lipinski definition) is 2. The summed E-state index contributed by atoms with van der Waals surface area (Å²) in [6.45, 7) is 3.92. The lowest BCUT2D eigenvalue weighted by Gasteiger charge is -2.30. The zero-order valence-corrected chi connectivity index (χ0v) is 11.6. The zero-order chi connectivity index (χ0) is 13.5. The number of piperidine rings is 1. The first kappa shape index (κ1) is 12.6. The van der Waals surface area contributed by atoms with Crippen molar-refractivity contribution in [1.29, 1.82) is 0 Å². The van der Waals surface area contributed by atoms with Crippen molar-refractivity contribution in [3.63, 3.8) is 0 Å². The Labute approximate surface area is 113 Å². The Morgan fingerprint density at radius 1 is 1.21 bits per heavy atom. The van der Waals surface area contributed by atoms with Gasteiger partial charge in [-0.25, -0.2) is 8.42 Å². The molecule has 0 unspecified atom stereocenters. The van der Waals surface area contributed by atoms with Crippen LogP contribution >= 0.6 is 0 Å². The number of fused-ring (bicyclic) bond motifs is 1. The highest BCUT2D eigenvalue weighted by Crippen LogP contribution is 2.27. The van der Waals surface area contributed by atoms with Gasteiger partial charge in [0.15, 0.2) is 0 Å². The molecule has 0 bridgehead atoms. The first-order valence-corrected chi connectivity index (χ1v) is 7.91. The minimum atomic E-state index is -3.43. The van der Waals surface area contributed by atoms with Gasteiger partial charge in [-0.05, 0) is 45.0 Å². The third kappa shape index (κ3) is 2.26. The molecular formula is C13H17N3O2S. The van der Waals surface area contributed by atoms with Crippen molar-refractivity contribution in [3.8, 4) is 0 Å². The summed E-state index contributed by atoms with van der Waals surface area (Å²) in [6.07, 6.45) is 1.83. The molecule has 0 saturated carbocycles. The highest BCUT2D eigenvalue weighted by molar-refractivity contribution is 7.90. The lowest BCUT2D eigenvalue weighted by Crippen LogP contribution is -2.40. The molecule has 5 nitrogen and oxygen atoms in total. The van der Waals surface area contributed by atoms with Crippen molar-refractivity contribution in [3.05, 3.63) is 29.8 Å². The fraction of sp³-hybridized carbons (Fsp3) is 0.462. The molecule has 2 heterocycles. The molecule has 6 heteroatoms. The van der Waals surface area contributed by atoms with Gasteiger partial charge in [0.25, 0.3) is 10.0 Å². The Hall–Kier alpha value is -1.40. The number of nitrogens with zero attached hydrogens (tertiary/aromatic N) is 1. The molecule has 0 aromatic heterocycles. The maximum Gasteiger partial charge on any atom is 0.263 e. The van der Waals surface area contributed by atoms with Gasteiger partial charge in [0.2, 0.25) is 0 Å². The number of benzene rings is 1. The second-order valence-corrected chi connectivity index (χ2v) is 6.96. The van der Waals surface area contributed by atoms with Crippen LogP contribution in [-0.4, -0.2) is 32.9 Å². The monoisotopic (exact) mass is 279 g/mol. The van der Waals surface area contributed by atoms with Crippen molar-refractivity contribution >= 4 is 15.9 Å². The average molecular weight is 279 g/mol. The highest BCUT2D eigenvalue weighted by atomic mass is 32.2. The molecule has 2 aliphatic heterocycles. The van der Waals surface area contributed by atoms with Crippen LogP contribution in [0, 0.1) is 0 Å². The standard InChI is InChI=1S/C13H17N3O2S/c1-13(6-8-14-9-7-13)15-12-10-4-2-3-5-11(10)19(17,18)16-12/h2-5,14H,6-9H2,1H3,(H,15,16). The van der Waals surface area contributed by atoms with E-state index < -0.39 is 10.0 Å². The van der Waals surface area contributed by atoms with Gasteiger partial charge in [0.05, 0.1) is 10.4 Å². The topological polar surface area (TPSA) is 70.6 Å². The second-order valence-electron chi connectivity index (χ2n) is 5.31. The van der Waals surface area contributed by atoms with Crippen LogP contribution in [0.3, 0.4) is 0 Å². The van der Waals surface area contributed by atoms with E-state index in [1.165, 1.54) is 0 Å². The summed E-state index contributed by atoms with van der Waals surface area (Å²) in [6, 6.07) is 6.98. The maximum atomic E-state index is 12.0. The third-order valence-corrected chi connectivity index (χ3v) is 5.12. The van der Waals surface area contributed by atoms with Gasteiger partial charge in [0.1, 0.15) is 5.84 Å². The Morgan fingerprint density at radius 3 is 2.63 bits per heavy atom. The molecule has 0 radical (unpaired) electrons. The lowest BCUT2D eigenvalue weighted by molar-refractivity contribution is 0.340. The van der Waals surface area contributed by atoms with Crippen LogP contribution in [0.25, 0.3) is 0 Å². The van der Waals surface area contributed by atoms with Gasteiger partial charge < -0.3 is 5.32 Å². The minimum Gasteiger partial charge on any atom is -0.317 e. The normalized spacial score (nSPS) is 25.8. The molecule has 2 aliphatic rings. The minimum absolute atomic E-state index is 0.194. The van der Waals surface area contributed by atoms with Crippen LogP contribution in [0.2, 0.25) is 0 Å². The number of amidine groups is 1. The van der Waals surface area contributed by atoms with Crippen LogP contribution < -0.4 is 10.0 Å². The SMILES string of the molecule is CC1(N=C2NS(=O)(=O)c3ccccc32)CCNCC1. The van der Waals surface area contributed by atoms with Gasteiger partial charge in [0, 0.05) is 5.56 Å². The van der Waals surface area contributed by atoms with Crippen LogP contribution in [0.4, 0.5) is 0 Å². The first-order chi connectivity index (χ1) is 9.00. The predicted octanol–water partition coefficient (Wildman–Crippen LogP) is 0.867. The molecule has 1 aromatic rings. The van der Waals surface area contributed by atoms with Crippen molar-refractivity contribution in [1.82, 2.24) is 10.0 Å². The van der Waals surface area contributed by atoms with E-state index in [-0.39, 0.29) is 5.54 Å². The lowest BCUT2D eigenvalue weighted by atomic mass is 9.91. The molecule has 0 spiro atoms. The Kier molecular flexibility index (Phi) is 2.87. The summed E-state index contributed by atoms with van der Waals surface area (Å²) in [5.41, 5.74) is 0.489. The Balaban J connectivity index is 2.04. The highest BCUT2D eigenvalue weighted by Gasteiger charge is 2.33. The number of aliphatic imine (C=N–C) groups is 1. The molecule has 1 fully saturated rings. The van der Waals surface area contributed by atoms with E-state index >= 15 is 0 Å². The van der Waals surface area contributed by atoms with E-state index in [4.69, 9.17) is 4.99 Å². The Bertz CT molecular complexity index is 631. The van der Waals surface area contributed by atoms with E-state index in [1.54, 1.807) is 18.2 Å². The zero-order valence-electron chi connectivity index (χ0n) is 10.8. The fourth-order valence-corrected chi connectivity index (χ4v) is 3.80. The number of nitrogens with one attached hydrogen (secondary N) is 2. The summed E-state index contributed by atoms with van der Waals surface area (Å²) >= 11 is 0. The largest absolute Gasteiger partial charge is 0.317 e. The summed E-state index contributed by atoms with van der Waals surface area (Å²) in [5.74, 6) is 0.486. The second kappa shape index (κ2) is 4.31. The quantitative estimate of drug-likeness (QED) is 0.801. The van der Waals surface area contributed by atoms with Crippen molar-refractivity contribution < 1.29 is 8.42 Å². The molecular weight excluding hydrogens is 262 g/mol. The molecule has 1 aromatic carbocycles. The van der Waals surface area contributed by atoms with E-state index in [9.17, 15) is 8.42 Å². The summed E-state index contributed by atoms with van der Waals surface area (Å²) < 4.78 is 26.6. The molecule has 0 amide bonds. The van der Waals surface area contributed by atoms with E-state index in [0.717, 1.165) is 25.9 Å². The third-order valence-electron chi connectivity index (χ3n) is 3.73. The van der Waals surface area contributed by atoms with E-state index in [1.807, 2.05) is 6.07 Å². The van der Waals surface area contributed by atoms with E-state index in [0.29, 0.717) is 16.3 Å².